The summed E-state index contributed by atoms with van der Waals surface area (Å²) in [5.74, 6) is -0.283. The predicted molar refractivity (Wildman–Crippen MR) is 119 cm³/mol. The molecule has 0 aromatic heterocycles. The van der Waals surface area contributed by atoms with Gasteiger partial charge >= 0.3 is 0 Å². The van der Waals surface area contributed by atoms with E-state index in [1.165, 1.54) is 0 Å². The third-order valence-electron chi connectivity index (χ3n) is 5.26. The highest BCUT2D eigenvalue weighted by molar-refractivity contribution is 6.18. The number of carbonyl (C=O) groups excluding carboxylic acids is 2. The fourth-order valence-electron chi connectivity index (χ4n) is 3.80. The van der Waals surface area contributed by atoms with Gasteiger partial charge < -0.3 is 15.8 Å². The van der Waals surface area contributed by atoms with Crippen LogP contribution >= 0.6 is 0 Å². The van der Waals surface area contributed by atoms with Gasteiger partial charge in [0.1, 0.15) is 11.8 Å². The van der Waals surface area contributed by atoms with Crippen LogP contribution in [0.25, 0.3) is 21.5 Å². The van der Waals surface area contributed by atoms with Crippen molar-refractivity contribution in [3.63, 3.8) is 0 Å². The molecule has 30 heavy (non-hydrogen) atoms. The normalized spacial score (nSPS) is 11.9. The van der Waals surface area contributed by atoms with E-state index in [1.54, 1.807) is 7.11 Å². The standard InChI is InChI=1S/C25H22N2O3/c1-30-22-13-7-4-10-18(22)15-21(24(26)28)27-25(29)23-19-11-5-2-8-16(19)14-17-9-3-6-12-20(17)23/h2-14,21H,15H2,1H3,(H2,26,28)(H,27,29)/t21-/m0/s1. The zero-order chi connectivity index (χ0) is 21.1. The molecule has 5 nitrogen and oxygen atoms in total. The number of nitrogens with one attached hydrogen (secondary N) is 1. The number of hydrogen-bond acceptors (Lipinski definition) is 3. The highest BCUT2D eigenvalue weighted by atomic mass is 16.5. The van der Waals surface area contributed by atoms with Crippen LogP contribution in [0.5, 0.6) is 5.75 Å². The van der Waals surface area contributed by atoms with Gasteiger partial charge in [-0.3, -0.25) is 9.59 Å². The summed E-state index contributed by atoms with van der Waals surface area (Å²) < 4.78 is 5.37. The molecule has 0 unspecified atom stereocenters. The monoisotopic (exact) mass is 398 g/mol. The van der Waals surface area contributed by atoms with Gasteiger partial charge in [0, 0.05) is 6.42 Å². The second kappa shape index (κ2) is 8.25. The first-order valence-electron chi connectivity index (χ1n) is 9.71. The number of fused-ring (bicyclic) bond motifs is 2. The van der Waals surface area contributed by atoms with E-state index in [2.05, 4.69) is 11.4 Å². The minimum atomic E-state index is -0.869. The maximum absolute atomic E-state index is 13.4. The van der Waals surface area contributed by atoms with E-state index in [0.29, 0.717) is 11.3 Å². The van der Waals surface area contributed by atoms with Crippen LogP contribution in [0, 0.1) is 0 Å². The van der Waals surface area contributed by atoms with Gasteiger partial charge in [-0.2, -0.15) is 0 Å². The summed E-state index contributed by atoms with van der Waals surface area (Å²) in [7, 11) is 1.57. The Kier molecular flexibility index (Phi) is 5.35. The molecular weight excluding hydrogens is 376 g/mol. The van der Waals surface area contributed by atoms with Crippen LogP contribution in [0.2, 0.25) is 0 Å². The average Bonchev–Trinajstić information content (AvgIpc) is 2.77. The van der Waals surface area contributed by atoms with E-state index >= 15 is 0 Å². The van der Waals surface area contributed by atoms with Crippen molar-refractivity contribution in [1.29, 1.82) is 0 Å². The Balaban J connectivity index is 1.74. The molecule has 0 aliphatic rings. The Morgan fingerprint density at radius 2 is 1.47 bits per heavy atom. The number of amides is 2. The van der Waals surface area contributed by atoms with Crippen molar-refractivity contribution in [1.82, 2.24) is 5.32 Å². The largest absolute Gasteiger partial charge is 0.496 e. The maximum Gasteiger partial charge on any atom is 0.253 e. The minimum Gasteiger partial charge on any atom is -0.496 e. The third kappa shape index (κ3) is 3.70. The fourth-order valence-corrected chi connectivity index (χ4v) is 3.80. The van der Waals surface area contributed by atoms with Gasteiger partial charge in [-0.15, -0.1) is 0 Å². The first kappa shape index (κ1) is 19.5. The van der Waals surface area contributed by atoms with Crippen LogP contribution in [0.3, 0.4) is 0 Å². The quantitative estimate of drug-likeness (QED) is 0.485. The number of para-hydroxylation sites is 1. The molecule has 4 aromatic rings. The molecular formula is C25H22N2O3. The van der Waals surface area contributed by atoms with Gasteiger partial charge in [0.25, 0.3) is 5.91 Å². The van der Waals surface area contributed by atoms with E-state index in [-0.39, 0.29) is 12.3 Å². The van der Waals surface area contributed by atoms with Crippen LogP contribution in [0.1, 0.15) is 15.9 Å². The number of hydrogen-bond donors (Lipinski definition) is 2. The van der Waals surface area contributed by atoms with Crippen LogP contribution in [-0.4, -0.2) is 25.0 Å². The van der Waals surface area contributed by atoms with E-state index < -0.39 is 11.9 Å². The molecule has 5 heteroatoms. The Morgan fingerprint density at radius 3 is 2.07 bits per heavy atom. The average molecular weight is 398 g/mol. The van der Waals surface area contributed by atoms with Crippen molar-refractivity contribution in [3.05, 3.63) is 90.0 Å². The molecule has 0 aliphatic carbocycles. The SMILES string of the molecule is COc1ccccc1C[C@H](NC(=O)c1c2ccccc2cc2ccccc12)C(N)=O. The number of benzene rings is 4. The molecule has 1 atom stereocenters. The fraction of sp³-hybridized carbons (Fsp3) is 0.120. The summed E-state index contributed by atoms with van der Waals surface area (Å²) in [5, 5.41) is 6.42. The summed E-state index contributed by atoms with van der Waals surface area (Å²) >= 11 is 0. The highest BCUT2D eigenvalue weighted by Gasteiger charge is 2.23. The van der Waals surface area contributed by atoms with Crippen LogP contribution < -0.4 is 15.8 Å². The third-order valence-corrected chi connectivity index (χ3v) is 5.26. The van der Waals surface area contributed by atoms with E-state index in [0.717, 1.165) is 27.1 Å². The van der Waals surface area contributed by atoms with Gasteiger partial charge in [-0.05, 0) is 39.2 Å². The highest BCUT2D eigenvalue weighted by Crippen LogP contribution is 2.28. The Hall–Kier alpha value is -3.86. The lowest BCUT2D eigenvalue weighted by atomic mass is 9.95. The van der Waals surface area contributed by atoms with Crippen molar-refractivity contribution in [3.8, 4) is 5.75 Å². The first-order valence-corrected chi connectivity index (χ1v) is 9.71. The summed E-state index contributed by atoms with van der Waals surface area (Å²) in [4.78, 5) is 25.5. The number of methoxy groups -OCH3 is 1. The molecule has 3 N–H and O–H groups in total. The van der Waals surface area contributed by atoms with Crippen molar-refractivity contribution in [2.24, 2.45) is 5.73 Å². The van der Waals surface area contributed by atoms with Gasteiger partial charge in [0.2, 0.25) is 5.91 Å². The van der Waals surface area contributed by atoms with E-state index in [9.17, 15) is 9.59 Å². The van der Waals surface area contributed by atoms with Crippen molar-refractivity contribution >= 4 is 33.4 Å². The van der Waals surface area contributed by atoms with Crippen molar-refractivity contribution in [2.75, 3.05) is 7.11 Å². The second-order valence-electron chi connectivity index (χ2n) is 7.14. The van der Waals surface area contributed by atoms with E-state index in [4.69, 9.17) is 10.5 Å². The van der Waals surface area contributed by atoms with Gasteiger partial charge in [0.15, 0.2) is 0 Å². The lowest BCUT2D eigenvalue weighted by molar-refractivity contribution is -0.119. The van der Waals surface area contributed by atoms with Crippen molar-refractivity contribution < 1.29 is 14.3 Å². The number of nitrogens with two attached hydrogens (primary N) is 1. The molecule has 4 aromatic carbocycles. The molecule has 150 valence electrons. The zero-order valence-corrected chi connectivity index (χ0v) is 16.6. The number of primary amides is 1. The smallest absolute Gasteiger partial charge is 0.253 e. The van der Waals surface area contributed by atoms with Crippen LogP contribution in [-0.2, 0) is 11.2 Å². The summed E-state index contributed by atoms with van der Waals surface area (Å²) in [6, 6.07) is 24.0. The molecule has 0 bridgehead atoms. The molecule has 2 amide bonds. The maximum atomic E-state index is 13.4. The lowest BCUT2D eigenvalue weighted by Gasteiger charge is -2.19. The summed E-state index contributed by atoms with van der Waals surface area (Å²) in [5.41, 5.74) is 6.97. The molecule has 0 saturated heterocycles. The molecule has 0 saturated carbocycles. The van der Waals surface area contributed by atoms with Gasteiger partial charge in [-0.1, -0.05) is 66.7 Å². The summed E-state index contributed by atoms with van der Waals surface area (Å²) in [6.45, 7) is 0. The molecule has 0 fully saturated rings. The Bertz CT molecular complexity index is 1200. The van der Waals surface area contributed by atoms with Crippen molar-refractivity contribution in [2.45, 2.75) is 12.5 Å². The predicted octanol–water partition coefficient (Wildman–Crippen LogP) is 3.83. The molecule has 0 heterocycles. The number of rotatable bonds is 6. The van der Waals surface area contributed by atoms with Crippen LogP contribution in [0.4, 0.5) is 0 Å². The number of carbonyl (C=O) groups is 2. The Morgan fingerprint density at radius 1 is 0.900 bits per heavy atom. The molecule has 0 spiro atoms. The Labute approximate surface area is 174 Å². The zero-order valence-electron chi connectivity index (χ0n) is 16.6. The molecule has 0 radical (unpaired) electrons. The number of ether oxygens (including phenoxy) is 1. The summed E-state index contributed by atoms with van der Waals surface area (Å²) in [6.07, 6.45) is 0.244. The topological polar surface area (TPSA) is 81.4 Å². The van der Waals surface area contributed by atoms with Crippen LogP contribution in [0.15, 0.2) is 78.9 Å². The molecule has 0 aliphatic heterocycles. The first-order chi connectivity index (χ1) is 14.6. The van der Waals surface area contributed by atoms with Gasteiger partial charge in [-0.25, -0.2) is 0 Å². The van der Waals surface area contributed by atoms with E-state index in [1.807, 2.05) is 72.8 Å². The van der Waals surface area contributed by atoms with Gasteiger partial charge in [0.05, 0.1) is 12.7 Å². The second-order valence-corrected chi connectivity index (χ2v) is 7.14. The lowest BCUT2D eigenvalue weighted by Crippen LogP contribution is -2.46. The molecule has 4 rings (SSSR count). The minimum absolute atomic E-state index is 0.244.